The van der Waals surface area contributed by atoms with Gasteiger partial charge in [0.25, 0.3) is 0 Å². The van der Waals surface area contributed by atoms with Crippen molar-refractivity contribution in [3.05, 3.63) is 61.0 Å². The Morgan fingerprint density at radius 3 is 2.05 bits per heavy atom. The predicted molar refractivity (Wildman–Crippen MR) is 175 cm³/mol. The molecular weight excluding hydrogens is 684 g/mol. The second-order valence-corrected chi connectivity index (χ2v) is 17.4. The van der Waals surface area contributed by atoms with Crippen molar-refractivity contribution < 1.29 is 33.0 Å². The van der Waals surface area contributed by atoms with E-state index in [-0.39, 0.29) is 37.7 Å². The number of benzene rings is 2. The van der Waals surface area contributed by atoms with E-state index in [9.17, 15) is 14.4 Å². The average Bonchev–Trinajstić information content (AvgIpc) is 2.92. The van der Waals surface area contributed by atoms with Gasteiger partial charge in [-0.15, -0.1) is 0 Å². The summed E-state index contributed by atoms with van der Waals surface area (Å²) in [5.41, 5.74) is -1.11. The molecule has 0 spiro atoms. The van der Waals surface area contributed by atoms with Crippen molar-refractivity contribution in [3.8, 4) is 5.75 Å². The van der Waals surface area contributed by atoms with E-state index in [0.29, 0.717) is 14.9 Å². The molecule has 2 aromatic rings. The third-order valence-corrected chi connectivity index (χ3v) is 11.3. The van der Waals surface area contributed by atoms with Crippen molar-refractivity contribution in [3.63, 3.8) is 0 Å². The van der Waals surface area contributed by atoms with Gasteiger partial charge < -0.3 is 0 Å². The van der Waals surface area contributed by atoms with E-state index in [1.165, 1.54) is 20.8 Å². The number of methoxy groups -OCH3 is 1. The zero-order valence-electron chi connectivity index (χ0n) is 27.1. The number of alkyl halides is 1. The van der Waals surface area contributed by atoms with Crippen molar-refractivity contribution in [2.45, 2.75) is 59.3 Å². The Morgan fingerprint density at radius 1 is 0.955 bits per heavy atom. The number of amides is 4. The van der Waals surface area contributed by atoms with Crippen molar-refractivity contribution in [2.75, 3.05) is 39.5 Å². The predicted octanol–water partition coefficient (Wildman–Crippen LogP) is 6.25. The van der Waals surface area contributed by atoms with Crippen LogP contribution in [0.3, 0.4) is 0 Å². The number of halogens is 2. The molecule has 1 saturated heterocycles. The maximum atomic E-state index is 15.2. The minimum atomic E-state index is -2.19. The molecule has 0 aliphatic carbocycles. The summed E-state index contributed by atoms with van der Waals surface area (Å²) in [5, 5.41) is 0. The summed E-state index contributed by atoms with van der Waals surface area (Å²) < 4.78 is 33.3. The summed E-state index contributed by atoms with van der Waals surface area (Å²) in [5.74, 6) is 0.321. The van der Waals surface area contributed by atoms with E-state index in [1.54, 1.807) is 79.8 Å². The number of carbonyl (C=O) groups excluding carboxylic acids is 3. The number of urea groups is 1. The summed E-state index contributed by atoms with van der Waals surface area (Å²) in [6.45, 7) is 10.3. The molecule has 3 rings (SSSR count). The Hall–Kier alpha value is -3.62. The van der Waals surface area contributed by atoms with Crippen LogP contribution in [0.4, 0.5) is 18.8 Å². The minimum absolute atomic E-state index is 0.0427. The number of nitrogens with zero attached hydrogens (tertiary/aromatic N) is 5. The first-order valence-electron chi connectivity index (χ1n) is 13.9. The quantitative estimate of drug-likeness (QED) is 0.155. The van der Waals surface area contributed by atoms with Crippen LogP contribution in [0.1, 0.15) is 47.1 Å². The van der Waals surface area contributed by atoms with Gasteiger partial charge in [0.15, 0.2) is 0 Å². The Kier molecular flexibility index (Phi) is 11.1. The molecule has 0 saturated carbocycles. The van der Waals surface area contributed by atoms with Crippen LogP contribution in [-0.2, 0) is 16.0 Å². The van der Waals surface area contributed by atoms with Crippen LogP contribution < -0.4 is 4.74 Å². The third kappa shape index (κ3) is 9.44. The van der Waals surface area contributed by atoms with Crippen LogP contribution in [-0.4, -0.2) is 94.5 Å². The van der Waals surface area contributed by atoms with Crippen LogP contribution in [0.25, 0.3) is 0 Å². The number of hydrogen-bond donors (Lipinski definition) is 0. The number of aliphatic imine (C=N–C) groups is 1. The van der Waals surface area contributed by atoms with E-state index in [2.05, 4.69) is 4.99 Å². The standard InChI is InChI=1S/C31H43FIN5O6/c1-30(2,3)43-27(39)34-26(37-19-35(8)28(40)36(9)20-37)38(29(41)44-31(4,5)6)18-21-11-16-24(32)25(17-21)33(7)22-12-14-23(42-10)15-13-22/h11-17H,18-20H2,1-10H3. The van der Waals surface area contributed by atoms with Gasteiger partial charge in [-0.05, 0) is 0 Å². The number of rotatable bonds is 5. The molecule has 13 heteroatoms. The molecule has 1 heterocycles. The van der Waals surface area contributed by atoms with E-state index < -0.39 is 43.2 Å². The summed E-state index contributed by atoms with van der Waals surface area (Å²) >= 11 is -2.19. The van der Waals surface area contributed by atoms with E-state index in [0.717, 1.165) is 3.57 Å². The second kappa shape index (κ2) is 14.0. The van der Waals surface area contributed by atoms with Gasteiger partial charge >= 0.3 is 267 Å². The molecule has 0 aromatic heterocycles. The van der Waals surface area contributed by atoms with Crippen molar-refractivity contribution in [2.24, 2.45) is 4.99 Å². The first-order chi connectivity index (χ1) is 20.4. The molecule has 1 aliphatic rings. The summed E-state index contributed by atoms with van der Waals surface area (Å²) in [6.07, 6.45) is -1.68. The SMILES string of the molecule is COc1ccc(I(C)c2cc(CN(C(=O)OC(C)(C)C)C(=NC(=O)OC(C)(C)C)N3CN(C)C(=O)N(C)C3)ccc2F)cc1. The van der Waals surface area contributed by atoms with E-state index in [4.69, 9.17) is 14.2 Å². The monoisotopic (exact) mass is 727 g/mol. The van der Waals surface area contributed by atoms with Crippen LogP contribution in [0.15, 0.2) is 47.5 Å². The van der Waals surface area contributed by atoms with E-state index >= 15 is 4.39 Å². The van der Waals surface area contributed by atoms with Crippen molar-refractivity contribution >= 4 is 44.0 Å². The average molecular weight is 728 g/mol. The zero-order chi connectivity index (χ0) is 33.0. The number of guanidine groups is 1. The Balaban J connectivity index is 2.10. The van der Waals surface area contributed by atoms with Crippen LogP contribution in [0.5, 0.6) is 5.75 Å². The summed E-state index contributed by atoms with van der Waals surface area (Å²) in [6, 6.07) is 12.1. The van der Waals surface area contributed by atoms with Gasteiger partial charge in [0, 0.05) is 0 Å². The maximum absolute atomic E-state index is 15.2. The van der Waals surface area contributed by atoms with Crippen LogP contribution in [0.2, 0.25) is 0 Å². The van der Waals surface area contributed by atoms with Gasteiger partial charge in [-0.1, -0.05) is 0 Å². The first kappa shape index (κ1) is 34.9. The van der Waals surface area contributed by atoms with Gasteiger partial charge in [-0.2, -0.15) is 0 Å². The van der Waals surface area contributed by atoms with Gasteiger partial charge in [0.2, 0.25) is 0 Å². The first-order valence-corrected chi connectivity index (χ1v) is 18.3. The van der Waals surface area contributed by atoms with Gasteiger partial charge in [0.1, 0.15) is 0 Å². The summed E-state index contributed by atoms with van der Waals surface area (Å²) in [4.78, 5) is 51.3. The van der Waals surface area contributed by atoms with E-state index in [1.807, 2.05) is 29.2 Å². The van der Waals surface area contributed by atoms with Gasteiger partial charge in [-0.3, -0.25) is 0 Å². The second-order valence-electron chi connectivity index (χ2n) is 12.3. The fourth-order valence-corrected chi connectivity index (χ4v) is 8.14. The molecule has 4 amide bonds. The van der Waals surface area contributed by atoms with Crippen LogP contribution >= 0.6 is 19.8 Å². The number of ether oxygens (including phenoxy) is 3. The number of carbonyl (C=O) groups is 3. The molecule has 0 unspecified atom stereocenters. The molecule has 44 heavy (non-hydrogen) atoms. The molecule has 0 atom stereocenters. The fourth-order valence-electron chi connectivity index (χ4n) is 4.21. The Morgan fingerprint density at radius 2 is 1.52 bits per heavy atom. The molecule has 0 radical (unpaired) electrons. The third-order valence-electron chi connectivity index (χ3n) is 6.15. The topological polar surface area (TPSA) is 104 Å². The molecule has 0 bridgehead atoms. The Bertz CT molecular complexity index is 1380. The number of hydrogen-bond acceptors (Lipinski definition) is 6. The molecule has 1 fully saturated rings. The molecule has 242 valence electrons. The molecule has 2 aromatic carbocycles. The normalized spacial score (nSPS) is 14.8. The van der Waals surface area contributed by atoms with Crippen molar-refractivity contribution in [1.82, 2.24) is 19.6 Å². The van der Waals surface area contributed by atoms with Gasteiger partial charge in [0.05, 0.1) is 0 Å². The van der Waals surface area contributed by atoms with Crippen LogP contribution in [0, 0.1) is 13.0 Å². The molecule has 11 nitrogen and oxygen atoms in total. The van der Waals surface area contributed by atoms with Gasteiger partial charge in [-0.25, -0.2) is 0 Å². The molecule has 0 N–H and O–H groups in total. The molecule has 1 aliphatic heterocycles. The fraction of sp³-hybridized carbons (Fsp3) is 0.484. The zero-order valence-corrected chi connectivity index (χ0v) is 29.3. The molecular formula is C31H43FIN5O6. The Labute approximate surface area is 266 Å². The van der Waals surface area contributed by atoms with Crippen molar-refractivity contribution in [1.29, 1.82) is 0 Å². The summed E-state index contributed by atoms with van der Waals surface area (Å²) in [7, 11) is 4.80.